The summed E-state index contributed by atoms with van der Waals surface area (Å²) < 4.78 is 5.42. The van der Waals surface area contributed by atoms with Gasteiger partial charge in [0.15, 0.2) is 5.96 Å². The lowest BCUT2D eigenvalue weighted by atomic mass is 10.1. The standard InChI is InChI=1S/C21H28N4O2.HI/c1-5-23-20(26)17-12-10-16(11-13-17)14-24-21(22-2)25(3)15-18-8-6-7-9-19(18)27-4;/h6-13H,5,14-15H2,1-4H3,(H,22,24)(H,23,26);1H. The Morgan fingerprint density at radius 3 is 2.39 bits per heavy atom. The van der Waals surface area contributed by atoms with Crippen molar-refractivity contribution in [3.8, 4) is 5.75 Å². The first kappa shape index (κ1) is 23.7. The molecule has 0 aromatic heterocycles. The molecular formula is C21H29IN4O2. The van der Waals surface area contributed by atoms with Crippen molar-refractivity contribution in [1.82, 2.24) is 15.5 Å². The Kier molecular flexibility index (Phi) is 10.4. The number of nitrogens with zero attached hydrogens (tertiary/aromatic N) is 2. The number of benzene rings is 2. The molecule has 152 valence electrons. The topological polar surface area (TPSA) is 66.0 Å². The van der Waals surface area contributed by atoms with Gasteiger partial charge in [0.1, 0.15) is 5.75 Å². The summed E-state index contributed by atoms with van der Waals surface area (Å²) in [6, 6.07) is 15.5. The quantitative estimate of drug-likeness (QED) is 0.351. The molecule has 0 fully saturated rings. The molecule has 0 aliphatic carbocycles. The molecule has 2 rings (SSSR count). The number of hydrogen-bond acceptors (Lipinski definition) is 3. The summed E-state index contributed by atoms with van der Waals surface area (Å²) in [4.78, 5) is 18.2. The maximum atomic E-state index is 11.8. The number of carbonyl (C=O) groups excluding carboxylic acids is 1. The molecule has 0 bridgehead atoms. The van der Waals surface area contributed by atoms with Crippen LogP contribution in [0.4, 0.5) is 0 Å². The molecule has 7 heteroatoms. The first-order chi connectivity index (χ1) is 13.1. The molecule has 0 spiro atoms. The van der Waals surface area contributed by atoms with Crippen molar-refractivity contribution < 1.29 is 9.53 Å². The van der Waals surface area contributed by atoms with E-state index in [1.807, 2.05) is 67.4 Å². The molecule has 1 amide bonds. The van der Waals surface area contributed by atoms with Crippen molar-refractivity contribution >= 4 is 35.8 Å². The average Bonchev–Trinajstić information content (AvgIpc) is 2.69. The van der Waals surface area contributed by atoms with Crippen LogP contribution in [-0.2, 0) is 13.1 Å². The lowest BCUT2D eigenvalue weighted by molar-refractivity contribution is 0.0956. The van der Waals surface area contributed by atoms with Crippen LogP contribution in [0.5, 0.6) is 5.75 Å². The van der Waals surface area contributed by atoms with Crippen molar-refractivity contribution in [2.75, 3.05) is 27.7 Å². The predicted octanol–water partition coefficient (Wildman–Crippen LogP) is 3.27. The number of ether oxygens (including phenoxy) is 1. The Bertz CT molecular complexity index is 778. The number of aliphatic imine (C=N–C) groups is 1. The number of rotatable bonds is 7. The Morgan fingerprint density at radius 2 is 1.79 bits per heavy atom. The van der Waals surface area contributed by atoms with Crippen LogP contribution in [0.2, 0.25) is 0 Å². The van der Waals surface area contributed by atoms with Crippen molar-refractivity contribution in [3.63, 3.8) is 0 Å². The summed E-state index contributed by atoms with van der Waals surface area (Å²) in [6.07, 6.45) is 0. The highest BCUT2D eigenvalue weighted by atomic mass is 127. The van der Waals surface area contributed by atoms with E-state index in [0.29, 0.717) is 25.2 Å². The Hall–Kier alpha value is -2.29. The van der Waals surface area contributed by atoms with Gasteiger partial charge in [0.05, 0.1) is 7.11 Å². The third-order valence-corrected chi connectivity index (χ3v) is 4.18. The average molecular weight is 496 g/mol. The van der Waals surface area contributed by atoms with Gasteiger partial charge in [-0.25, -0.2) is 0 Å². The molecule has 0 saturated carbocycles. The number of amides is 1. The summed E-state index contributed by atoms with van der Waals surface area (Å²) in [5, 5.41) is 6.15. The summed E-state index contributed by atoms with van der Waals surface area (Å²) in [5.41, 5.74) is 2.84. The van der Waals surface area contributed by atoms with E-state index in [2.05, 4.69) is 15.6 Å². The van der Waals surface area contributed by atoms with Gasteiger partial charge < -0.3 is 20.3 Å². The number of methoxy groups -OCH3 is 1. The van der Waals surface area contributed by atoms with Crippen LogP contribution >= 0.6 is 24.0 Å². The molecule has 0 heterocycles. The van der Waals surface area contributed by atoms with E-state index < -0.39 is 0 Å². The maximum absolute atomic E-state index is 11.8. The van der Waals surface area contributed by atoms with Gasteiger partial charge >= 0.3 is 0 Å². The predicted molar refractivity (Wildman–Crippen MR) is 125 cm³/mol. The second-order valence-electron chi connectivity index (χ2n) is 6.13. The number of nitrogens with one attached hydrogen (secondary N) is 2. The zero-order chi connectivity index (χ0) is 19.6. The van der Waals surface area contributed by atoms with Gasteiger partial charge in [-0.1, -0.05) is 30.3 Å². The highest BCUT2D eigenvalue weighted by Crippen LogP contribution is 2.18. The molecule has 6 nitrogen and oxygen atoms in total. The molecule has 0 aliphatic heterocycles. The smallest absolute Gasteiger partial charge is 0.251 e. The van der Waals surface area contributed by atoms with Crippen LogP contribution in [0.25, 0.3) is 0 Å². The molecule has 0 aliphatic rings. The van der Waals surface area contributed by atoms with Crippen LogP contribution in [-0.4, -0.2) is 44.5 Å². The molecule has 0 unspecified atom stereocenters. The Morgan fingerprint density at radius 1 is 1.11 bits per heavy atom. The van der Waals surface area contributed by atoms with E-state index in [1.165, 1.54) is 0 Å². The number of halogens is 1. The summed E-state index contributed by atoms with van der Waals surface area (Å²) in [7, 11) is 5.43. The van der Waals surface area contributed by atoms with Crippen LogP contribution < -0.4 is 15.4 Å². The van der Waals surface area contributed by atoms with Crippen molar-refractivity contribution in [1.29, 1.82) is 0 Å². The zero-order valence-corrected chi connectivity index (χ0v) is 19.2. The van der Waals surface area contributed by atoms with Gasteiger partial charge in [0.2, 0.25) is 0 Å². The van der Waals surface area contributed by atoms with Gasteiger partial charge in [-0.2, -0.15) is 0 Å². The lowest BCUT2D eigenvalue weighted by Crippen LogP contribution is -2.38. The van der Waals surface area contributed by atoms with Crippen LogP contribution in [0.1, 0.15) is 28.4 Å². The fraction of sp³-hybridized carbons (Fsp3) is 0.333. The fourth-order valence-electron chi connectivity index (χ4n) is 2.77. The first-order valence-electron chi connectivity index (χ1n) is 8.99. The van der Waals surface area contributed by atoms with Crippen molar-refractivity contribution in [3.05, 3.63) is 65.2 Å². The first-order valence-corrected chi connectivity index (χ1v) is 8.99. The lowest BCUT2D eigenvalue weighted by Gasteiger charge is -2.23. The molecule has 2 aromatic carbocycles. The summed E-state index contributed by atoms with van der Waals surface area (Å²) in [5.74, 6) is 1.60. The highest BCUT2D eigenvalue weighted by molar-refractivity contribution is 14.0. The minimum atomic E-state index is -0.0515. The normalized spacial score (nSPS) is 10.6. The minimum Gasteiger partial charge on any atom is -0.496 e. The van der Waals surface area contributed by atoms with Crippen molar-refractivity contribution in [2.45, 2.75) is 20.0 Å². The second kappa shape index (κ2) is 12.2. The third kappa shape index (κ3) is 6.70. The second-order valence-corrected chi connectivity index (χ2v) is 6.13. The van der Waals surface area contributed by atoms with E-state index in [-0.39, 0.29) is 29.9 Å². The number of hydrogen-bond donors (Lipinski definition) is 2. The third-order valence-electron chi connectivity index (χ3n) is 4.18. The molecule has 0 radical (unpaired) electrons. The molecule has 0 atom stereocenters. The van der Waals surface area contributed by atoms with E-state index in [0.717, 1.165) is 22.8 Å². The number of carbonyl (C=O) groups is 1. The Balaban J connectivity index is 0.00000392. The highest BCUT2D eigenvalue weighted by Gasteiger charge is 2.10. The number of para-hydroxylation sites is 1. The van der Waals surface area contributed by atoms with Gasteiger partial charge in [-0.3, -0.25) is 9.79 Å². The number of guanidine groups is 1. The molecule has 2 N–H and O–H groups in total. The SMILES string of the molecule is CCNC(=O)c1ccc(CNC(=NC)N(C)Cc2ccccc2OC)cc1.I. The van der Waals surface area contributed by atoms with Gasteiger partial charge in [0.25, 0.3) is 5.91 Å². The van der Waals surface area contributed by atoms with Crippen molar-refractivity contribution in [2.24, 2.45) is 4.99 Å². The minimum absolute atomic E-state index is 0. The van der Waals surface area contributed by atoms with E-state index in [1.54, 1.807) is 14.2 Å². The largest absolute Gasteiger partial charge is 0.496 e. The van der Waals surface area contributed by atoms with Crippen LogP contribution in [0.3, 0.4) is 0 Å². The van der Waals surface area contributed by atoms with Gasteiger partial charge in [-0.05, 0) is 30.7 Å². The summed E-state index contributed by atoms with van der Waals surface area (Å²) in [6.45, 7) is 3.83. The zero-order valence-electron chi connectivity index (χ0n) is 16.9. The monoisotopic (exact) mass is 496 g/mol. The molecular weight excluding hydrogens is 467 g/mol. The Labute approximate surface area is 184 Å². The van der Waals surface area contributed by atoms with E-state index >= 15 is 0 Å². The fourth-order valence-corrected chi connectivity index (χ4v) is 2.77. The van der Waals surface area contributed by atoms with Gasteiger partial charge in [0, 0.05) is 44.9 Å². The van der Waals surface area contributed by atoms with Crippen LogP contribution in [0.15, 0.2) is 53.5 Å². The maximum Gasteiger partial charge on any atom is 0.251 e. The molecule has 2 aromatic rings. The van der Waals surface area contributed by atoms with Crippen LogP contribution in [0, 0.1) is 0 Å². The van der Waals surface area contributed by atoms with Gasteiger partial charge in [-0.15, -0.1) is 24.0 Å². The summed E-state index contributed by atoms with van der Waals surface area (Å²) >= 11 is 0. The van der Waals surface area contributed by atoms with E-state index in [4.69, 9.17) is 4.74 Å². The molecule has 0 saturated heterocycles. The van der Waals surface area contributed by atoms with E-state index in [9.17, 15) is 4.79 Å². The molecule has 28 heavy (non-hydrogen) atoms.